The van der Waals surface area contributed by atoms with Gasteiger partial charge in [0.25, 0.3) is 0 Å². The van der Waals surface area contributed by atoms with Gasteiger partial charge in [-0.2, -0.15) is 0 Å². The molecular formula is C12H23N. The van der Waals surface area contributed by atoms with Gasteiger partial charge in [-0.25, -0.2) is 0 Å². The van der Waals surface area contributed by atoms with Crippen molar-refractivity contribution in [2.24, 2.45) is 23.7 Å². The van der Waals surface area contributed by atoms with Gasteiger partial charge in [-0.1, -0.05) is 13.8 Å². The molecule has 1 aliphatic carbocycles. The molecule has 3 unspecified atom stereocenters. The molecule has 0 aromatic heterocycles. The highest BCUT2D eigenvalue weighted by molar-refractivity contribution is 4.90. The van der Waals surface area contributed by atoms with Crippen LogP contribution in [0.15, 0.2) is 0 Å². The van der Waals surface area contributed by atoms with E-state index >= 15 is 0 Å². The van der Waals surface area contributed by atoms with Gasteiger partial charge in [0.1, 0.15) is 0 Å². The monoisotopic (exact) mass is 181 g/mol. The minimum atomic E-state index is 0.915. The average molecular weight is 181 g/mol. The highest BCUT2D eigenvalue weighted by atomic mass is 15.1. The quantitative estimate of drug-likeness (QED) is 0.601. The molecule has 13 heavy (non-hydrogen) atoms. The fourth-order valence-corrected chi connectivity index (χ4v) is 3.55. The van der Waals surface area contributed by atoms with E-state index in [0.717, 1.165) is 23.7 Å². The van der Waals surface area contributed by atoms with Crippen LogP contribution in [0.3, 0.4) is 0 Å². The van der Waals surface area contributed by atoms with Crippen LogP contribution < -0.4 is 0 Å². The molecule has 76 valence electrons. The largest absolute Gasteiger partial charge is 0.306 e. The van der Waals surface area contributed by atoms with E-state index in [1.165, 1.54) is 32.4 Å². The van der Waals surface area contributed by atoms with Crippen molar-refractivity contribution in [2.45, 2.75) is 33.1 Å². The van der Waals surface area contributed by atoms with Crippen molar-refractivity contribution in [1.29, 1.82) is 0 Å². The molecule has 0 bridgehead atoms. The van der Waals surface area contributed by atoms with Gasteiger partial charge in [0.15, 0.2) is 0 Å². The molecule has 1 saturated heterocycles. The summed E-state index contributed by atoms with van der Waals surface area (Å²) in [6.45, 7) is 7.52. The molecule has 1 heteroatoms. The van der Waals surface area contributed by atoms with E-state index in [9.17, 15) is 0 Å². The van der Waals surface area contributed by atoms with E-state index in [-0.39, 0.29) is 0 Å². The van der Waals surface area contributed by atoms with Gasteiger partial charge in [-0.15, -0.1) is 0 Å². The topological polar surface area (TPSA) is 3.24 Å². The van der Waals surface area contributed by atoms with Crippen molar-refractivity contribution in [3.63, 3.8) is 0 Å². The Hall–Kier alpha value is -0.0400. The summed E-state index contributed by atoms with van der Waals surface area (Å²) in [5.41, 5.74) is 0. The molecule has 1 heterocycles. The standard InChI is InChI=1S/C12H23N/c1-9(2)11-5-4-10-8-13(3)7-6-12(10)11/h9-12H,4-8H2,1-3H3. The van der Waals surface area contributed by atoms with Gasteiger partial charge >= 0.3 is 0 Å². The highest BCUT2D eigenvalue weighted by Gasteiger charge is 2.39. The normalized spacial score (nSPS) is 41.1. The minimum Gasteiger partial charge on any atom is -0.306 e. The fraction of sp³-hybridized carbons (Fsp3) is 1.00. The summed E-state index contributed by atoms with van der Waals surface area (Å²) in [5, 5.41) is 0. The number of hydrogen-bond acceptors (Lipinski definition) is 1. The molecule has 1 nitrogen and oxygen atoms in total. The zero-order valence-electron chi connectivity index (χ0n) is 9.29. The van der Waals surface area contributed by atoms with Crippen molar-refractivity contribution in [2.75, 3.05) is 20.1 Å². The highest BCUT2D eigenvalue weighted by Crippen LogP contribution is 2.45. The number of nitrogens with zero attached hydrogens (tertiary/aromatic N) is 1. The lowest BCUT2D eigenvalue weighted by Gasteiger charge is -2.36. The van der Waals surface area contributed by atoms with Crippen LogP contribution in [0, 0.1) is 23.7 Å². The lowest BCUT2D eigenvalue weighted by atomic mass is 9.79. The predicted molar refractivity (Wildman–Crippen MR) is 56.7 cm³/mol. The Kier molecular flexibility index (Phi) is 2.64. The third-order valence-corrected chi connectivity index (χ3v) is 4.27. The maximum absolute atomic E-state index is 2.52. The van der Waals surface area contributed by atoms with E-state index in [2.05, 4.69) is 25.8 Å². The Bertz CT molecular complexity index is 176. The van der Waals surface area contributed by atoms with Gasteiger partial charge in [0.2, 0.25) is 0 Å². The third kappa shape index (κ3) is 1.76. The lowest BCUT2D eigenvalue weighted by molar-refractivity contribution is 0.127. The summed E-state index contributed by atoms with van der Waals surface area (Å²) in [6.07, 6.45) is 4.46. The molecule has 0 N–H and O–H groups in total. The first-order chi connectivity index (χ1) is 6.18. The van der Waals surface area contributed by atoms with Crippen molar-refractivity contribution < 1.29 is 0 Å². The molecule has 2 fully saturated rings. The van der Waals surface area contributed by atoms with Crippen LogP contribution in [0.5, 0.6) is 0 Å². The molecule has 0 amide bonds. The van der Waals surface area contributed by atoms with Gasteiger partial charge in [-0.05, 0) is 56.5 Å². The Morgan fingerprint density at radius 1 is 1.15 bits per heavy atom. The third-order valence-electron chi connectivity index (χ3n) is 4.27. The minimum absolute atomic E-state index is 0.915. The number of rotatable bonds is 1. The van der Waals surface area contributed by atoms with Gasteiger partial charge in [-0.3, -0.25) is 0 Å². The van der Waals surface area contributed by atoms with Crippen LogP contribution in [0.2, 0.25) is 0 Å². The van der Waals surface area contributed by atoms with Crippen LogP contribution in [0.1, 0.15) is 33.1 Å². The summed E-state index contributed by atoms with van der Waals surface area (Å²) in [4.78, 5) is 2.52. The first-order valence-corrected chi connectivity index (χ1v) is 5.87. The van der Waals surface area contributed by atoms with Crippen molar-refractivity contribution in [3.05, 3.63) is 0 Å². The summed E-state index contributed by atoms with van der Waals surface area (Å²) in [5.74, 6) is 4.06. The van der Waals surface area contributed by atoms with E-state index < -0.39 is 0 Å². The predicted octanol–water partition coefficient (Wildman–Crippen LogP) is 2.62. The molecular weight excluding hydrogens is 158 g/mol. The summed E-state index contributed by atoms with van der Waals surface area (Å²) < 4.78 is 0. The van der Waals surface area contributed by atoms with E-state index in [0.29, 0.717) is 0 Å². The van der Waals surface area contributed by atoms with Crippen molar-refractivity contribution >= 4 is 0 Å². The maximum Gasteiger partial charge on any atom is 0.000937 e. The van der Waals surface area contributed by atoms with Gasteiger partial charge in [0, 0.05) is 6.54 Å². The van der Waals surface area contributed by atoms with E-state index in [4.69, 9.17) is 0 Å². The Morgan fingerprint density at radius 2 is 1.92 bits per heavy atom. The molecule has 0 aromatic carbocycles. The smallest absolute Gasteiger partial charge is 0.000937 e. The van der Waals surface area contributed by atoms with E-state index in [1.807, 2.05) is 0 Å². The molecule has 0 spiro atoms. The van der Waals surface area contributed by atoms with Crippen LogP contribution in [-0.2, 0) is 0 Å². The summed E-state index contributed by atoms with van der Waals surface area (Å²) in [6, 6.07) is 0. The lowest BCUT2D eigenvalue weighted by Crippen LogP contribution is -2.37. The molecule has 2 rings (SSSR count). The number of fused-ring (bicyclic) bond motifs is 1. The SMILES string of the molecule is CC(C)C1CCC2CN(C)CCC21. The maximum atomic E-state index is 2.52. The second-order valence-corrected chi connectivity index (χ2v) is 5.46. The van der Waals surface area contributed by atoms with Crippen LogP contribution in [-0.4, -0.2) is 25.0 Å². The Labute approximate surface area is 82.5 Å². The van der Waals surface area contributed by atoms with Crippen molar-refractivity contribution in [3.8, 4) is 0 Å². The molecule has 0 radical (unpaired) electrons. The first-order valence-electron chi connectivity index (χ1n) is 5.87. The zero-order chi connectivity index (χ0) is 9.42. The Balaban J connectivity index is 2.00. The number of piperidine rings is 1. The van der Waals surface area contributed by atoms with Crippen LogP contribution in [0.4, 0.5) is 0 Å². The van der Waals surface area contributed by atoms with Gasteiger partial charge in [0.05, 0.1) is 0 Å². The van der Waals surface area contributed by atoms with Crippen molar-refractivity contribution in [1.82, 2.24) is 4.90 Å². The number of hydrogen-bond donors (Lipinski definition) is 0. The summed E-state index contributed by atoms with van der Waals surface area (Å²) in [7, 11) is 2.28. The average Bonchev–Trinajstić information content (AvgIpc) is 2.46. The number of likely N-dealkylation sites (tertiary alicyclic amines) is 1. The summed E-state index contributed by atoms with van der Waals surface area (Å²) >= 11 is 0. The molecule has 0 aromatic rings. The molecule has 1 aliphatic heterocycles. The second-order valence-electron chi connectivity index (χ2n) is 5.46. The molecule has 1 saturated carbocycles. The van der Waals surface area contributed by atoms with Crippen LogP contribution in [0.25, 0.3) is 0 Å². The second kappa shape index (κ2) is 3.61. The fourth-order valence-electron chi connectivity index (χ4n) is 3.55. The molecule has 2 aliphatic rings. The van der Waals surface area contributed by atoms with Gasteiger partial charge < -0.3 is 4.90 Å². The first kappa shape index (κ1) is 9.51. The van der Waals surface area contributed by atoms with E-state index in [1.54, 1.807) is 0 Å². The Morgan fingerprint density at radius 3 is 2.62 bits per heavy atom. The molecule has 3 atom stereocenters. The van der Waals surface area contributed by atoms with Crippen LogP contribution >= 0.6 is 0 Å². The zero-order valence-corrected chi connectivity index (χ0v) is 9.29.